The molecule has 84 valence electrons. The first-order chi connectivity index (χ1) is 6.22. The summed E-state index contributed by atoms with van der Waals surface area (Å²) < 4.78 is 22.9. The molecule has 3 nitrogen and oxygen atoms in total. The molecule has 0 heterocycles. The number of aliphatic hydroxyl groups is 1. The van der Waals surface area contributed by atoms with Gasteiger partial charge >= 0.3 is 0 Å². The quantitative estimate of drug-likeness (QED) is 0.778. The first-order valence-electron chi connectivity index (χ1n) is 5.06. The van der Waals surface area contributed by atoms with Gasteiger partial charge in [0.15, 0.2) is 9.84 Å². The minimum Gasteiger partial charge on any atom is -0.396 e. The van der Waals surface area contributed by atoms with Gasteiger partial charge in [0.2, 0.25) is 0 Å². The van der Waals surface area contributed by atoms with Crippen LogP contribution < -0.4 is 0 Å². The van der Waals surface area contributed by atoms with Gasteiger partial charge in [-0.15, -0.1) is 0 Å². The minimum atomic E-state index is -3.01. The monoisotopic (exact) mass is 220 g/mol. The van der Waals surface area contributed by atoms with Crippen LogP contribution in [-0.2, 0) is 9.84 Å². The van der Waals surface area contributed by atoms with Crippen molar-refractivity contribution in [2.75, 3.05) is 12.4 Å². The molecule has 0 aromatic rings. The van der Waals surface area contributed by atoms with Gasteiger partial charge < -0.3 is 5.11 Å². The predicted molar refractivity (Wildman–Crippen MR) is 56.9 cm³/mol. The smallest absolute Gasteiger partial charge is 0.155 e. The van der Waals surface area contributed by atoms with Crippen molar-refractivity contribution in [1.29, 1.82) is 0 Å². The van der Waals surface area contributed by atoms with Gasteiger partial charge in [-0.05, 0) is 45.4 Å². The average Bonchev–Trinajstić information content (AvgIpc) is 2.80. The lowest BCUT2D eigenvalue weighted by Gasteiger charge is -2.20. The molecule has 0 bridgehead atoms. The van der Waals surface area contributed by atoms with E-state index >= 15 is 0 Å². The highest BCUT2D eigenvalue weighted by atomic mass is 32.2. The Bertz CT molecular complexity index is 294. The van der Waals surface area contributed by atoms with E-state index in [1.54, 1.807) is 20.8 Å². The summed E-state index contributed by atoms with van der Waals surface area (Å²) in [7, 11) is -3.01. The molecular formula is C10H20O3S. The molecule has 0 aromatic heterocycles. The first-order valence-corrected chi connectivity index (χ1v) is 6.71. The number of aliphatic hydroxyl groups excluding tert-OH is 1. The molecule has 4 heteroatoms. The van der Waals surface area contributed by atoms with Gasteiger partial charge in [0.25, 0.3) is 0 Å². The molecule has 0 saturated heterocycles. The molecule has 0 atom stereocenters. The number of hydrogen-bond donors (Lipinski definition) is 1. The van der Waals surface area contributed by atoms with Gasteiger partial charge in [0.05, 0.1) is 10.5 Å². The number of rotatable bonds is 4. The zero-order chi connectivity index (χ0) is 11.0. The zero-order valence-electron chi connectivity index (χ0n) is 9.21. The Labute approximate surface area is 86.4 Å². The van der Waals surface area contributed by atoms with Crippen molar-refractivity contribution >= 4 is 9.84 Å². The second kappa shape index (κ2) is 3.49. The third-order valence-corrected chi connectivity index (χ3v) is 5.73. The Hall–Kier alpha value is -0.0900. The molecule has 1 aliphatic carbocycles. The Morgan fingerprint density at radius 3 is 2.07 bits per heavy atom. The third-order valence-electron chi connectivity index (χ3n) is 3.13. The third kappa shape index (κ3) is 2.48. The van der Waals surface area contributed by atoms with Gasteiger partial charge in [-0.3, -0.25) is 0 Å². The van der Waals surface area contributed by atoms with E-state index in [1.807, 2.05) is 0 Å². The molecule has 14 heavy (non-hydrogen) atoms. The second-order valence-electron chi connectivity index (χ2n) is 5.34. The fraction of sp³-hybridized carbons (Fsp3) is 1.00. The standard InChI is InChI=1S/C10H20O3S/c1-9(2,3)14(12,13)7-6-10(8-11)4-5-10/h11H,4-8H2,1-3H3. The summed E-state index contributed by atoms with van der Waals surface area (Å²) >= 11 is 0. The van der Waals surface area contributed by atoms with Crippen LogP contribution >= 0.6 is 0 Å². The maximum absolute atomic E-state index is 11.8. The van der Waals surface area contributed by atoms with Crippen molar-refractivity contribution in [2.24, 2.45) is 5.41 Å². The van der Waals surface area contributed by atoms with Crippen molar-refractivity contribution < 1.29 is 13.5 Å². The maximum Gasteiger partial charge on any atom is 0.155 e. The topological polar surface area (TPSA) is 54.4 Å². The van der Waals surface area contributed by atoms with E-state index in [2.05, 4.69) is 0 Å². The highest BCUT2D eigenvalue weighted by molar-refractivity contribution is 7.92. The summed E-state index contributed by atoms with van der Waals surface area (Å²) in [5.41, 5.74) is -0.0572. The van der Waals surface area contributed by atoms with Crippen molar-refractivity contribution in [1.82, 2.24) is 0 Å². The van der Waals surface area contributed by atoms with Gasteiger partial charge in [0.1, 0.15) is 0 Å². The van der Waals surface area contributed by atoms with Crippen molar-refractivity contribution in [3.8, 4) is 0 Å². The van der Waals surface area contributed by atoms with Crippen LogP contribution in [0.3, 0.4) is 0 Å². The van der Waals surface area contributed by atoms with Gasteiger partial charge in [-0.2, -0.15) is 0 Å². The highest BCUT2D eigenvalue weighted by Gasteiger charge is 2.43. The van der Waals surface area contributed by atoms with Crippen LogP contribution in [0.25, 0.3) is 0 Å². The minimum absolute atomic E-state index is 0.0572. The lowest BCUT2D eigenvalue weighted by Crippen LogP contribution is -2.31. The normalized spacial score (nSPS) is 20.9. The van der Waals surface area contributed by atoms with Gasteiger partial charge in [-0.1, -0.05) is 0 Å². The fourth-order valence-electron chi connectivity index (χ4n) is 1.32. The Morgan fingerprint density at radius 1 is 1.29 bits per heavy atom. The lowest BCUT2D eigenvalue weighted by molar-refractivity contribution is 0.208. The summed E-state index contributed by atoms with van der Waals surface area (Å²) in [6.45, 7) is 5.30. The van der Waals surface area contributed by atoms with Crippen LogP contribution in [0.4, 0.5) is 0 Å². The molecule has 0 spiro atoms. The zero-order valence-corrected chi connectivity index (χ0v) is 10.0. The summed E-state index contributed by atoms with van der Waals surface area (Å²) in [4.78, 5) is 0. The van der Waals surface area contributed by atoms with E-state index in [1.165, 1.54) is 0 Å². The summed E-state index contributed by atoms with van der Waals surface area (Å²) in [5, 5.41) is 9.06. The summed E-state index contributed by atoms with van der Waals surface area (Å²) in [5.74, 6) is 0.205. The van der Waals surface area contributed by atoms with Crippen molar-refractivity contribution in [3.63, 3.8) is 0 Å². The molecule has 0 unspecified atom stereocenters. The van der Waals surface area contributed by atoms with E-state index in [4.69, 9.17) is 5.11 Å². The van der Waals surface area contributed by atoms with Crippen molar-refractivity contribution in [3.05, 3.63) is 0 Å². The molecule has 0 aliphatic heterocycles. The summed E-state index contributed by atoms with van der Waals surface area (Å²) in [6, 6.07) is 0. The molecule has 0 amide bonds. The van der Waals surface area contributed by atoms with Crippen LogP contribution in [0.15, 0.2) is 0 Å². The second-order valence-corrected chi connectivity index (χ2v) is 8.20. The highest BCUT2D eigenvalue weighted by Crippen LogP contribution is 2.48. The first kappa shape index (κ1) is 12.0. The van der Waals surface area contributed by atoms with E-state index in [9.17, 15) is 8.42 Å². The molecule has 1 saturated carbocycles. The van der Waals surface area contributed by atoms with Crippen LogP contribution in [0, 0.1) is 5.41 Å². The number of sulfone groups is 1. The molecule has 1 aliphatic rings. The lowest BCUT2D eigenvalue weighted by atomic mass is 10.1. The molecule has 0 radical (unpaired) electrons. The Kier molecular flexibility index (Phi) is 2.99. The van der Waals surface area contributed by atoms with Crippen LogP contribution in [0.2, 0.25) is 0 Å². The fourth-order valence-corrected chi connectivity index (χ4v) is 2.64. The average molecular weight is 220 g/mol. The molecular weight excluding hydrogens is 200 g/mol. The molecule has 1 N–H and O–H groups in total. The Balaban J connectivity index is 2.54. The summed E-state index contributed by atoms with van der Waals surface area (Å²) in [6.07, 6.45) is 2.56. The SMILES string of the molecule is CC(C)(C)S(=O)(=O)CCC1(CO)CC1. The van der Waals surface area contributed by atoms with E-state index in [0.717, 1.165) is 12.8 Å². The molecule has 1 fully saturated rings. The van der Waals surface area contributed by atoms with E-state index in [0.29, 0.717) is 6.42 Å². The van der Waals surface area contributed by atoms with Gasteiger partial charge in [0, 0.05) is 6.61 Å². The molecule has 0 aromatic carbocycles. The predicted octanol–water partition coefficient (Wildman–Crippen LogP) is 1.36. The van der Waals surface area contributed by atoms with Crippen molar-refractivity contribution in [2.45, 2.75) is 44.8 Å². The molecule has 1 rings (SSSR count). The Morgan fingerprint density at radius 2 is 1.79 bits per heavy atom. The number of hydrogen-bond acceptors (Lipinski definition) is 3. The van der Waals surface area contributed by atoms with E-state index < -0.39 is 14.6 Å². The van der Waals surface area contributed by atoms with E-state index in [-0.39, 0.29) is 17.8 Å². The van der Waals surface area contributed by atoms with Crippen LogP contribution in [-0.4, -0.2) is 30.6 Å². The maximum atomic E-state index is 11.8. The largest absolute Gasteiger partial charge is 0.396 e. The van der Waals surface area contributed by atoms with Gasteiger partial charge in [-0.25, -0.2) is 8.42 Å². The van der Waals surface area contributed by atoms with Crippen LogP contribution in [0.5, 0.6) is 0 Å². The van der Waals surface area contributed by atoms with Crippen LogP contribution in [0.1, 0.15) is 40.0 Å².